The number of anilines is 1. The van der Waals surface area contributed by atoms with Crippen molar-refractivity contribution in [2.45, 2.75) is 12.8 Å². The van der Waals surface area contributed by atoms with E-state index >= 15 is 0 Å². The van der Waals surface area contributed by atoms with Gasteiger partial charge in [0, 0.05) is 29.9 Å². The SMILES string of the molecule is O=C(O)c1cc(Br)cc(NC(=O)N2CCC(CCO)C2)c1. The van der Waals surface area contributed by atoms with E-state index in [0.29, 0.717) is 35.6 Å². The van der Waals surface area contributed by atoms with E-state index in [1.807, 2.05) is 0 Å². The van der Waals surface area contributed by atoms with Gasteiger partial charge in [-0.1, -0.05) is 15.9 Å². The number of nitrogens with zero attached hydrogens (tertiary/aromatic N) is 1. The van der Waals surface area contributed by atoms with Crippen LogP contribution in [0.1, 0.15) is 23.2 Å². The number of aliphatic hydroxyl groups is 1. The average molecular weight is 357 g/mol. The number of nitrogens with one attached hydrogen (secondary N) is 1. The minimum absolute atomic E-state index is 0.110. The Morgan fingerprint density at radius 2 is 2.14 bits per heavy atom. The zero-order chi connectivity index (χ0) is 15.4. The van der Waals surface area contributed by atoms with Crippen LogP contribution in [0.4, 0.5) is 10.5 Å². The van der Waals surface area contributed by atoms with Gasteiger partial charge in [-0.15, -0.1) is 0 Å². The van der Waals surface area contributed by atoms with Crippen LogP contribution < -0.4 is 5.32 Å². The number of hydrogen-bond acceptors (Lipinski definition) is 3. The molecule has 0 aromatic heterocycles. The molecule has 2 rings (SSSR count). The highest BCUT2D eigenvalue weighted by Gasteiger charge is 2.25. The molecule has 114 valence electrons. The summed E-state index contributed by atoms with van der Waals surface area (Å²) in [5, 5.41) is 20.6. The summed E-state index contributed by atoms with van der Waals surface area (Å²) in [7, 11) is 0. The molecule has 1 aliphatic rings. The van der Waals surface area contributed by atoms with Crippen LogP contribution in [-0.4, -0.2) is 46.8 Å². The number of benzene rings is 1. The van der Waals surface area contributed by atoms with E-state index in [1.54, 1.807) is 11.0 Å². The molecule has 3 N–H and O–H groups in total. The molecule has 1 aliphatic heterocycles. The third-order valence-electron chi connectivity index (χ3n) is 3.51. The van der Waals surface area contributed by atoms with Crippen molar-refractivity contribution in [3.05, 3.63) is 28.2 Å². The van der Waals surface area contributed by atoms with Crippen LogP contribution in [0.5, 0.6) is 0 Å². The lowest BCUT2D eigenvalue weighted by atomic mass is 10.1. The van der Waals surface area contributed by atoms with Crippen molar-refractivity contribution in [1.82, 2.24) is 4.90 Å². The highest BCUT2D eigenvalue weighted by atomic mass is 79.9. The molecule has 6 nitrogen and oxygen atoms in total. The predicted molar refractivity (Wildman–Crippen MR) is 81.5 cm³/mol. The molecule has 21 heavy (non-hydrogen) atoms. The zero-order valence-electron chi connectivity index (χ0n) is 11.4. The summed E-state index contributed by atoms with van der Waals surface area (Å²) in [6.45, 7) is 1.40. The molecule has 1 unspecified atom stereocenters. The smallest absolute Gasteiger partial charge is 0.335 e. The highest BCUT2D eigenvalue weighted by Crippen LogP contribution is 2.23. The number of carboxylic acids is 1. The van der Waals surface area contributed by atoms with Crippen LogP contribution in [0.15, 0.2) is 22.7 Å². The number of urea groups is 1. The second-order valence-corrected chi connectivity index (χ2v) is 5.99. The van der Waals surface area contributed by atoms with Crippen LogP contribution in [0, 0.1) is 5.92 Å². The van der Waals surface area contributed by atoms with E-state index in [9.17, 15) is 9.59 Å². The van der Waals surface area contributed by atoms with Crippen LogP contribution >= 0.6 is 15.9 Å². The highest BCUT2D eigenvalue weighted by molar-refractivity contribution is 9.10. The first-order chi connectivity index (χ1) is 9.99. The number of amides is 2. The fraction of sp³-hybridized carbons (Fsp3) is 0.429. The van der Waals surface area contributed by atoms with Crippen LogP contribution in [0.25, 0.3) is 0 Å². The molecule has 0 bridgehead atoms. The Bertz CT molecular complexity index is 550. The first-order valence-corrected chi connectivity index (χ1v) is 7.49. The summed E-state index contributed by atoms with van der Waals surface area (Å²) in [4.78, 5) is 24.8. The Hall–Kier alpha value is -1.60. The second kappa shape index (κ2) is 6.91. The maximum atomic E-state index is 12.1. The lowest BCUT2D eigenvalue weighted by Gasteiger charge is -2.17. The van der Waals surface area contributed by atoms with E-state index in [-0.39, 0.29) is 18.2 Å². The van der Waals surface area contributed by atoms with Gasteiger partial charge >= 0.3 is 12.0 Å². The number of likely N-dealkylation sites (tertiary alicyclic amines) is 1. The lowest BCUT2D eigenvalue weighted by Crippen LogP contribution is -2.33. The van der Waals surface area contributed by atoms with Gasteiger partial charge in [-0.2, -0.15) is 0 Å². The topological polar surface area (TPSA) is 89.9 Å². The summed E-state index contributed by atoms with van der Waals surface area (Å²) in [6, 6.07) is 4.31. The number of carbonyl (C=O) groups is 2. The van der Waals surface area contributed by atoms with E-state index in [2.05, 4.69) is 21.2 Å². The van der Waals surface area contributed by atoms with Gasteiger partial charge in [0.05, 0.1) is 5.56 Å². The summed E-state index contributed by atoms with van der Waals surface area (Å²) in [6.07, 6.45) is 1.58. The quantitative estimate of drug-likeness (QED) is 0.772. The Morgan fingerprint density at radius 1 is 1.38 bits per heavy atom. The molecule has 1 saturated heterocycles. The average Bonchev–Trinajstić information content (AvgIpc) is 2.87. The Balaban J connectivity index is 2.01. The monoisotopic (exact) mass is 356 g/mol. The molecular weight excluding hydrogens is 340 g/mol. The number of carboxylic acid groups (broad SMARTS) is 1. The molecule has 1 heterocycles. The number of rotatable bonds is 4. The van der Waals surface area contributed by atoms with E-state index < -0.39 is 5.97 Å². The summed E-state index contributed by atoms with van der Waals surface area (Å²) >= 11 is 3.23. The van der Waals surface area contributed by atoms with Crippen molar-refractivity contribution in [2.24, 2.45) is 5.92 Å². The van der Waals surface area contributed by atoms with Crippen molar-refractivity contribution in [2.75, 3.05) is 25.0 Å². The van der Waals surface area contributed by atoms with Crippen molar-refractivity contribution in [1.29, 1.82) is 0 Å². The van der Waals surface area contributed by atoms with Crippen LogP contribution in [0.3, 0.4) is 0 Å². The van der Waals surface area contributed by atoms with Gasteiger partial charge in [-0.05, 0) is 37.0 Å². The molecule has 0 spiro atoms. The summed E-state index contributed by atoms with van der Waals surface area (Å²) in [5.74, 6) is -0.714. The standard InChI is InChI=1S/C14H17BrN2O4/c15-11-5-10(13(19)20)6-12(7-11)16-14(21)17-3-1-9(8-17)2-4-18/h5-7,9,18H,1-4,8H2,(H,16,21)(H,19,20). The van der Waals surface area contributed by atoms with Gasteiger partial charge in [-0.25, -0.2) is 9.59 Å². The van der Waals surface area contributed by atoms with Crippen molar-refractivity contribution < 1.29 is 19.8 Å². The van der Waals surface area contributed by atoms with E-state index in [0.717, 1.165) is 6.42 Å². The summed E-state index contributed by atoms with van der Waals surface area (Å²) in [5.41, 5.74) is 0.552. The van der Waals surface area contributed by atoms with Gasteiger partial charge in [0.15, 0.2) is 0 Å². The third kappa shape index (κ3) is 4.18. The molecule has 1 fully saturated rings. The number of aromatic carboxylic acids is 1. The molecule has 7 heteroatoms. The van der Waals surface area contributed by atoms with Crippen molar-refractivity contribution >= 4 is 33.6 Å². The molecule has 0 saturated carbocycles. The second-order valence-electron chi connectivity index (χ2n) is 5.08. The third-order valence-corrected chi connectivity index (χ3v) is 3.96. The number of halogens is 1. The summed E-state index contributed by atoms with van der Waals surface area (Å²) < 4.78 is 0.595. The number of carbonyl (C=O) groups excluding carboxylic acids is 1. The molecule has 1 aromatic rings. The first kappa shape index (κ1) is 15.8. The van der Waals surface area contributed by atoms with Gasteiger partial charge in [0.1, 0.15) is 0 Å². The molecule has 2 amide bonds. The lowest BCUT2D eigenvalue weighted by molar-refractivity contribution is 0.0696. The molecule has 0 aliphatic carbocycles. The number of hydrogen-bond donors (Lipinski definition) is 3. The van der Waals surface area contributed by atoms with E-state index in [1.165, 1.54) is 12.1 Å². The van der Waals surface area contributed by atoms with Gasteiger partial charge in [0.2, 0.25) is 0 Å². The maximum Gasteiger partial charge on any atom is 0.335 e. The molecular formula is C14H17BrN2O4. The Kier molecular flexibility index (Phi) is 5.19. The largest absolute Gasteiger partial charge is 0.478 e. The minimum atomic E-state index is -1.05. The van der Waals surface area contributed by atoms with Crippen LogP contribution in [0.2, 0.25) is 0 Å². The molecule has 1 atom stereocenters. The fourth-order valence-corrected chi connectivity index (χ4v) is 2.92. The number of aliphatic hydroxyl groups excluding tert-OH is 1. The van der Waals surface area contributed by atoms with Gasteiger partial charge in [-0.3, -0.25) is 0 Å². The Labute approximate surface area is 130 Å². The van der Waals surface area contributed by atoms with Crippen LogP contribution in [-0.2, 0) is 0 Å². The first-order valence-electron chi connectivity index (χ1n) is 6.70. The van der Waals surface area contributed by atoms with Crippen molar-refractivity contribution in [3.63, 3.8) is 0 Å². The fourth-order valence-electron chi connectivity index (χ4n) is 2.42. The zero-order valence-corrected chi connectivity index (χ0v) is 13.0. The van der Waals surface area contributed by atoms with E-state index in [4.69, 9.17) is 10.2 Å². The van der Waals surface area contributed by atoms with Crippen molar-refractivity contribution in [3.8, 4) is 0 Å². The van der Waals surface area contributed by atoms with Gasteiger partial charge < -0.3 is 20.4 Å². The predicted octanol–water partition coefficient (Wildman–Crippen LogP) is 2.38. The van der Waals surface area contributed by atoms with Gasteiger partial charge in [0.25, 0.3) is 0 Å². The Morgan fingerprint density at radius 3 is 2.81 bits per heavy atom. The normalized spacial score (nSPS) is 17.8. The minimum Gasteiger partial charge on any atom is -0.478 e. The molecule has 0 radical (unpaired) electrons. The maximum absolute atomic E-state index is 12.1. The molecule has 1 aromatic carbocycles.